The number of nitrogen functional groups attached to an aromatic ring is 1. The Balaban J connectivity index is 2.16. The van der Waals surface area contributed by atoms with Crippen LogP contribution in [0, 0.1) is 17.8 Å². The number of hydrogen-bond donors (Lipinski definition) is 2. The first-order chi connectivity index (χ1) is 12.7. The van der Waals surface area contributed by atoms with Crippen molar-refractivity contribution in [2.24, 2.45) is 5.92 Å². The van der Waals surface area contributed by atoms with Gasteiger partial charge in [-0.05, 0) is 55.3 Å². The van der Waals surface area contributed by atoms with Gasteiger partial charge in [0.1, 0.15) is 5.75 Å². The number of nitrogens with one attached hydrogen (secondary N) is 1. The molecule has 2 aromatic carbocycles. The van der Waals surface area contributed by atoms with E-state index < -0.39 is 11.7 Å². The van der Waals surface area contributed by atoms with Gasteiger partial charge in [0, 0.05) is 27.9 Å². The minimum Gasteiger partial charge on any atom is -0.497 e. The van der Waals surface area contributed by atoms with Crippen LogP contribution in [0.5, 0.6) is 5.75 Å². The summed E-state index contributed by atoms with van der Waals surface area (Å²) >= 11 is 5.98. The van der Waals surface area contributed by atoms with E-state index in [0.717, 1.165) is 12.8 Å². The maximum Gasteiger partial charge on any atom is 0.427 e. The number of methoxy groups -OCH3 is 1. The lowest BCUT2D eigenvalue weighted by atomic mass is 9.87. The van der Waals surface area contributed by atoms with Crippen LogP contribution in [0.4, 0.5) is 24.5 Å². The van der Waals surface area contributed by atoms with Crippen LogP contribution in [-0.4, -0.2) is 13.3 Å². The van der Waals surface area contributed by atoms with E-state index in [1.165, 1.54) is 37.4 Å². The smallest absolute Gasteiger partial charge is 0.427 e. The van der Waals surface area contributed by atoms with Gasteiger partial charge in [-0.3, -0.25) is 0 Å². The molecule has 1 unspecified atom stereocenters. The second-order valence-electron chi connectivity index (χ2n) is 6.38. The van der Waals surface area contributed by atoms with Gasteiger partial charge < -0.3 is 15.8 Å². The van der Waals surface area contributed by atoms with Crippen molar-refractivity contribution in [3.63, 3.8) is 0 Å². The molecule has 0 amide bonds. The predicted molar refractivity (Wildman–Crippen MR) is 101 cm³/mol. The van der Waals surface area contributed by atoms with Gasteiger partial charge >= 0.3 is 6.18 Å². The van der Waals surface area contributed by atoms with Gasteiger partial charge in [-0.2, -0.15) is 13.2 Å². The van der Waals surface area contributed by atoms with E-state index >= 15 is 0 Å². The molecule has 142 valence electrons. The lowest BCUT2D eigenvalue weighted by Gasteiger charge is -2.34. The normalized spacial score (nSPS) is 16.0. The number of rotatable bonds is 4. The van der Waals surface area contributed by atoms with Gasteiger partial charge in [0.15, 0.2) is 0 Å². The zero-order valence-corrected chi connectivity index (χ0v) is 15.3. The largest absolute Gasteiger partial charge is 0.497 e. The average molecular weight is 395 g/mol. The summed E-state index contributed by atoms with van der Waals surface area (Å²) in [4.78, 5) is 0. The zero-order valence-electron chi connectivity index (χ0n) is 14.5. The fourth-order valence-corrected chi connectivity index (χ4v) is 2.81. The summed E-state index contributed by atoms with van der Waals surface area (Å²) in [5.41, 5.74) is 3.20. The lowest BCUT2D eigenvalue weighted by Crippen LogP contribution is -2.48. The molecule has 1 atom stereocenters. The lowest BCUT2D eigenvalue weighted by molar-refractivity contribution is -0.165. The Morgan fingerprint density at radius 3 is 2.37 bits per heavy atom. The summed E-state index contributed by atoms with van der Waals surface area (Å²) in [6.45, 7) is 0. The molecular formula is C20H18ClF3N2O. The second-order valence-corrected chi connectivity index (χ2v) is 6.81. The van der Waals surface area contributed by atoms with Crippen LogP contribution in [0.25, 0.3) is 0 Å². The molecule has 0 aromatic heterocycles. The third-order valence-corrected chi connectivity index (χ3v) is 4.54. The van der Waals surface area contributed by atoms with Gasteiger partial charge in [-0.15, -0.1) is 0 Å². The first-order valence-electron chi connectivity index (χ1n) is 8.32. The molecule has 7 heteroatoms. The highest BCUT2D eigenvalue weighted by atomic mass is 35.5. The van der Waals surface area contributed by atoms with Gasteiger partial charge in [-0.25, -0.2) is 0 Å². The van der Waals surface area contributed by atoms with E-state index in [9.17, 15) is 13.2 Å². The maximum atomic E-state index is 14.4. The van der Waals surface area contributed by atoms with Crippen LogP contribution >= 0.6 is 11.6 Å². The van der Waals surface area contributed by atoms with E-state index in [1.54, 1.807) is 12.1 Å². The van der Waals surface area contributed by atoms with E-state index in [-0.39, 0.29) is 27.9 Å². The Morgan fingerprint density at radius 2 is 1.81 bits per heavy atom. The molecule has 27 heavy (non-hydrogen) atoms. The minimum absolute atomic E-state index is 0.0233. The number of alkyl halides is 3. The van der Waals surface area contributed by atoms with E-state index in [0.29, 0.717) is 5.75 Å². The molecule has 0 radical (unpaired) electrons. The molecule has 1 fully saturated rings. The molecule has 1 aliphatic rings. The van der Waals surface area contributed by atoms with Crippen LogP contribution in [0.3, 0.4) is 0 Å². The van der Waals surface area contributed by atoms with Crippen molar-refractivity contribution in [2.75, 3.05) is 18.2 Å². The highest BCUT2D eigenvalue weighted by Crippen LogP contribution is 2.45. The highest BCUT2D eigenvalue weighted by Gasteiger charge is 2.57. The molecule has 0 aliphatic heterocycles. The summed E-state index contributed by atoms with van der Waals surface area (Å²) in [5, 5.41) is 2.71. The number of nitrogens with two attached hydrogens (primary N) is 1. The van der Waals surface area contributed by atoms with Gasteiger partial charge in [0.25, 0.3) is 0 Å². The molecule has 1 aliphatic carbocycles. The van der Waals surface area contributed by atoms with E-state index in [4.69, 9.17) is 22.1 Å². The number of anilines is 2. The Morgan fingerprint density at radius 1 is 1.15 bits per heavy atom. The molecule has 0 heterocycles. The van der Waals surface area contributed by atoms with Crippen LogP contribution < -0.4 is 15.8 Å². The standard InChI is InChI=1S/C20H18ClF3N2O/c1-27-16-7-5-15(6-8-16)26-19(20(22,23)24,11-10-13-2-3-13)17-12-14(21)4-9-18(17)25/h4-9,12-13,26H,2-3,25H2,1H3. The van der Waals surface area contributed by atoms with Crippen molar-refractivity contribution in [3.8, 4) is 17.6 Å². The van der Waals surface area contributed by atoms with Gasteiger partial charge in [0.2, 0.25) is 5.54 Å². The summed E-state index contributed by atoms with van der Waals surface area (Å²) in [5.74, 6) is 5.69. The first-order valence-corrected chi connectivity index (χ1v) is 8.70. The minimum atomic E-state index is -4.74. The third-order valence-electron chi connectivity index (χ3n) is 4.31. The topological polar surface area (TPSA) is 47.3 Å². The summed E-state index contributed by atoms with van der Waals surface area (Å²) in [6, 6.07) is 10.1. The predicted octanol–water partition coefficient (Wildman–Crippen LogP) is 5.21. The molecule has 3 nitrogen and oxygen atoms in total. The van der Waals surface area contributed by atoms with Crippen molar-refractivity contribution in [1.82, 2.24) is 0 Å². The molecule has 1 saturated carbocycles. The van der Waals surface area contributed by atoms with Crippen LogP contribution in [0.15, 0.2) is 42.5 Å². The number of benzene rings is 2. The van der Waals surface area contributed by atoms with Crippen molar-refractivity contribution < 1.29 is 17.9 Å². The second kappa shape index (κ2) is 7.24. The van der Waals surface area contributed by atoms with E-state index in [1.807, 2.05) is 0 Å². The Labute approximate surface area is 160 Å². The van der Waals surface area contributed by atoms with Gasteiger partial charge in [-0.1, -0.05) is 23.4 Å². The monoisotopic (exact) mass is 394 g/mol. The molecule has 0 saturated heterocycles. The van der Waals surface area contributed by atoms with Crippen LogP contribution in [0.2, 0.25) is 5.02 Å². The first kappa shape index (κ1) is 19.2. The van der Waals surface area contributed by atoms with Crippen molar-refractivity contribution >= 4 is 23.0 Å². The van der Waals surface area contributed by atoms with Crippen molar-refractivity contribution in [3.05, 3.63) is 53.1 Å². The molecular weight excluding hydrogens is 377 g/mol. The third kappa shape index (κ3) is 4.09. The van der Waals surface area contributed by atoms with Gasteiger partial charge in [0.05, 0.1) is 7.11 Å². The summed E-state index contributed by atoms with van der Waals surface area (Å²) in [7, 11) is 1.48. The maximum absolute atomic E-state index is 14.4. The number of ether oxygens (including phenoxy) is 1. The molecule has 2 aromatic rings. The average Bonchev–Trinajstić information content (AvgIpc) is 3.45. The Kier molecular flexibility index (Phi) is 5.16. The van der Waals surface area contributed by atoms with Crippen molar-refractivity contribution in [2.45, 2.75) is 24.6 Å². The molecule has 0 spiro atoms. The molecule has 3 N–H and O–H groups in total. The van der Waals surface area contributed by atoms with Crippen LogP contribution in [-0.2, 0) is 5.54 Å². The Hall–Kier alpha value is -2.52. The number of halogens is 4. The summed E-state index contributed by atoms with van der Waals surface area (Å²) in [6.07, 6.45) is -3.14. The number of hydrogen-bond acceptors (Lipinski definition) is 3. The van der Waals surface area contributed by atoms with Crippen LogP contribution in [0.1, 0.15) is 18.4 Å². The molecule has 0 bridgehead atoms. The Bertz CT molecular complexity index is 883. The SMILES string of the molecule is COc1ccc(NC(C#CC2CC2)(c2cc(Cl)ccc2N)C(F)(F)F)cc1. The highest BCUT2D eigenvalue weighted by molar-refractivity contribution is 6.30. The quantitative estimate of drug-likeness (QED) is 0.552. The zero-order chi connectivity index (χ0) is 19.7. The fraction of sp³-hybridized carbons (Fsp3) is 0.300. The fourth-order valence-electron chi connectivity index (χ4n) is 2.64. The molecule has 3 rings (SSSR count). The van der Waals surface area contributed by atoms with E-state index in [2.05, 4.69) is 17.2 Å². The summed E-state index contributed by atoms with van der Waals surface area (Å²) < 4.78 is 48.2. The van der Waals surface area contributed by atoms with Crippen molar-refractivity contribution in [1.29, 1.82) is 0 Å².